The third kappa shape index (κ3) is 3.85. The molecule has 7 heteroatoms. The molecule has 1 aliphatic heterocycles. The molecule has 1 aromatic carbocycles. The number of aryl methyl sites for hydroxylation is 2. The van der Waals surface area contributed by atoms with Gasteiger partial charge in [0.25, 0.3) is 0 Å². The van der Waals surface area contributed by atoms with Gasteiger partial charge in [-0.3, -0.25) is 9.69 Å². The Hall–Kier alpha value is -2.38. The van der Waals surface area contributed by atoms with Crippen LogP contribution in [0, 0.1) is 18.6 Å². The van der Waals surface area contributed by atoms with Crippen LogP contribution in [0.5, 0.6) is 0 Å². The van der Waals surface area contributed by atoms with Gasteiger partial charge in [-0.1, -0.05) is 6.42 Å². The molecule has 4 nitrogen and oxygen atoms in total. The molecule has 0 atom stereocenters. The summed E-state index contributed by atoms with van der Waals surface area (Å²) in [5.74, 6) is -1.33. The molecule has 3 aromatic rings. The van der Waals surface area contributed by atoms with Gasteiger partial charge in [0, 0.05) is 16.5 Å². The number of ketones is 1. The average Bonchev–Trinajstić information content (AvgIpc) is 3.24. The quantitative estimate of drug-likeness (QED) is 0.513. The maximum absolute atomic E-state index is 14.8. The Kier molecular flexibility index (Phi) is 5.48. The highest BCUT2D eigenvalue weighted by Gasteiger charge is 2.30. The fraction of sp³-hybridized carbons (Fsp3) is 0.417. The van der Waals surface area contributed by atoms with Gasteiger partial charge in [-0.2, -0.15) is 5.10 Å². The van der Waals surface area contributed by atoms with Crippen molar-refractivity contribution in [3.63, 3.8) is 0 Å². The summed E-state index contributed by atoms with van der Waals surface area (Å²) in [6.07, 6.45) is 5.98. The molecule has 31 heavy (non-hydrogen) atoms. The van der Waals surface area contributed by atoms with Crippen molar-refractivity contribution in [1.29, 1.82) is 0 Å². The molecule has 0 bridgehead atoms. The zero-order valence-corrected chi connectivity index (χ0v) is 18.4. The number of benzene rings is 1. The van der Waals surface area contributed by atoms with Crippen LogP contribution < -0.4 is 0 Å². The highest BCUT2D eigenvalue weighted by molar-refractivity contribution is 7.15. The number of halogens is 2. The van der Waals surface area contributed by atoms with Gasteiger partial charge < -0.3 is 0 Å². The van der Waals surface area contributed by atoms with Gasteiger partial charge >= 0.3 is 0 Å². The fourth-order valence-electron chi connectivity index (χ4n) is 4.78. The second-order valence-corrected chi connectivity index (χ2v) is 9.76. The lowest BCUT2D eigenvalue weighted by Gasteiger charge is -2.25. The second-order valence-electron chi connectivity index (χ2n) is 8.51. The minimum atomic E-state index is -0.681. The number of hydrogen-bond donors (Lipinski definition) is 0. The Balaban J connectivity index is 1.65. The van der Waals surface area contributed by atoms with Crippen molar-refractivity contribution in [2.75, 3.05) is 19.6 Å². The van der Waals surface area contributed by atoms with Crippen molar-refractivity contribution >= 4 is 17.1 Å². The number of Topliss-reactive ketones (excluding diaryl/α,β-unsaturated/α-hetero) is 1. The monoisotopic (exact) mass is 441 g/mol. The summed E-state index contributed by atoms with van der Waals surface area (Å²) in [6.45, 7) is 4.25. The summed E-state index contributed by atoms with van der Waals surface area (Å²) in [5.41, 5.74) is 3.50. The molecule has 1 fully saturated rings. The predicted octanol–water partition coefficient (Wildman–Crippen LogP) is 5.34. The summed E-state index contributed by atoms with van der Waals surface area (Å²) < 4.78 is 29.9. The zero-order chi connectivity index (χ0) is 21.5. The summed E-state index contributed by atoms with van der Waals surface area (Å²) in [4.78, 5) is 17.7. The van der Waals surface area contributed by atoms with E-state index in [1.54, 1.807) is 11.3 Å². The second kappa shape index (κ2) is 8.28. The van der Waals surface area contributed by atoms with Crippen LogP contribution in [0.25, 0.3) is 16.3 Å². The Morgan fingerprint density at radius 3 is 2.68 bits per heavy atom. The zero-order valence-electron chi connectivity index (χ0n) is 17.6. The van der Waals surface area contributed by atoms with E-state index in [2.05, 4.69) is 23.0 Å². The number of rotatable bonds is 4. The number of carbonyl (C=O) groups excluding carboxylic acids is 1. The highest BCUT2D eigenvalue weighted by atomic mass is 32.1. The predicted molar refractivity (Wildman–Crippen MR) is 118 cm³/mol. The van der Waals surface area contributed by atoms with Crippen LogP contribution >= 0.6 is 11.3 Å². The number of piperidine rings is 1. The topological polar surface area (TPSA) is 38.1 Å². The lowest BCUT2D eigenvalue weighted by Crippen LogP contribution is -2.34. The lowest BCUT2D eigenvalue weighted by molar-refractivity contribution is 0.0909. The third-order valence-electron chi connectivity index (χ3n) is 6.22. The molecular weight excluding hydrogens is 416 g/mol. The van der Waals surface area contributed by atoms with E-state index in [0.29, 0.717) is 12.2 Å². The number of thiophene rings is 1. The van der Waals surface area contributed by atoms with Crippen LogP contribution in [-0.2, 0) is 12.8 Å². The molecule has 0 amide bonds. The van der Waals surface area contributed by atoms with Gasteiger partial charge in [-0.05, 0) is 75.9 Å². The van der Waals surface area contributed by atoms with Crippen molar-refractivity contribution in [2.45, 2.75) is 45.4 Å². The standard InChI is InChI=1S/C24H25F2N3OS/c1-15-12-16-6-5-7-18-22(21(30)14-28-10-3-2-4-11-28)27-29(23(18)24(16)31-15)20-9-8-17(25)13-19(20)26/h8-9,12-13H,2-7,10-11,14H2,1H3. The molecule has 162 valence electrons. The third-order valence-corrected chi connectivity index (χ3v) is 7.32. The van der Waals surface area contributed by atoms with E-state index >= 15 is 0 Å². The molecule has 0 saturated carbocycles. The molecule has 2 aromatic heterocycles. The molecule has 2 aliphatic rings. The Labute approximate surface area is 184 Å². The first-order chi connectivity index (χ1) is 15.0. The van der Waals surface area contributed by atoms with Crippen molar-refractivity contribution in [1.82, 2.24) is 14.7 Å². The van der Waals surface area contributed by atoms with E-state index in [0.717, 1.165) is 67.4 Å². The molecule has 1 saturated heterocycles. The molecule has 1 aliphatic carbocycles. The molecule has 0 unspecified atom stereocenters. The summed E-state index contributed by atoms with van der Waals surface area (Å²) in [6, 6.07) is 5.68. The van der Waals surface area contributed by atoms with Crippen LogP contribution in [-0.4, -0.2) is 40.1 Å². The van der Waals surface area contributed by atoms with E-state index in [-0.39, 0.29) is 11.5 Å². The van der Waals surface area contributed by atoms with Crippen LogP contribution in [0.2, 0.25) is 0 Å². The minimum Gasteiger partial charge on any atom is -0.296 e. The van der Waals surface area contributed by atoms with E-state index in [1.165, 1.54) is 33.7 Å². The minimum absolute atomic E-state index is 0.0175. The SMILES string of the molecule is Cc1cc2c(s1)-c1c(c(C(=O)CN3CCCCC3)nn1-c1ccc(F)cc1F)CCC2. The van der Waals surface area contributed by atoms with Crippen molar-refractivity contribution in [3.05, 3.63) is 57.6 Å². The van der Waals surface area contributed by atoms with Gasteiger partial charge in [-0.25, -0.2) is 13.5 Å². The number of nitrogens with zero attached hydrogens (tertiary/aromatic N) is 3. The van der Waals surface area contributed by atoms with Gasteiger partial charge in [0.05, 0.1) is 17.1 Å². The summed E-state index contributed by atoms with van der Waals surface area (Å²) in [5, 5.41) is 4.65. The maximum atomic E-state index is 14.8. The van der Waals surface area contributed by atoms with E-state index < -0.39 is 11.6 Å². The van der Waals surface area contributed by atoms with E-state index in [1.807, 2.05) is 0 Å². The van der Waals surface area contributed by atoms with Gasteiger partial charge in [0.1, 0.15) is 17.2 Å². The van der Waals surface area contributed by atoms with Crippen LogP contribution in [0.1, 0.15) is 52.2 Å². The maximum Gasteiger partial charge on any atom is 0.197 e. The molecule has 0 N–H and O–H groups in total. The molecule has 3 heterocycles. The smallest absolute Gasteiger partial charge is 0.197 e. The highest BCUT2D eigenvalue weighted by Crippen LogP contribution is 2.41. The largest absolute Gasteiger partial charge is 0.296 e. The number of likely N-dealkylation sites (tertiary alicyclic amines) is 1. The van der Waals surface area contributed by atoms with Gasteiger partial charge in [-0.15, -0.1) is 11.3 Å². The van der Waals surface area contributed by atoms with Crippen molar-refractivity contribution in [2.24, 2.45) is 0 Å². The first kappa shape index (κ1) is 20.5. The Morgan fingerprint density at radius 2 is 1.90 bits per heavy atom. The van der Waals surface area contributed by atoms with Crippen LogP contribution in [0.3, 0.4) is 0 Å². The van der Waals surface area contributed by atoms with Crippen LogP contribution in [0.15, 0.2) is 24.3 Å². The first-order valence-electron chi connectivity index (χ1n) is 10.9. The van der Waals surface area contributed by atoms with E-state index in [9.17, 15) is 13.6 Å². The lowest BCUT2D eigenvalue weighted by atomic mass is 10.0. The Bertz CT molecular complexity index is 1140. The molecule has 5 rings (SSSR count). The average molecular weight is 442 g/mol. The molecule has 0 spiro atoms. The molecular formula is C24H25F2N3OS. The summed E-state index contributed by atoms with van der Waals surface area (Å²) in [7, 11) is 0. The normalized spacial score (nSPS) is 16.6. The first-order valence-corrected chi connectivity index (χ1v) is 11.8. The van der Waals surface area contributed by atoms with E-state index in [4.69, 9.17) is 0 Å². The number of carbonyl (C=O) groups is 1. The van der Waals surface area contributed by atoms with Crippen LogP contribution in [0.4, 0.5) is 8.78 Å². The van der Waals surface area contributed by atoms with Crippen molar-refractivity contribution < 1.29 is 13.6 Å². The van der Waals surface area contributed by atoms with Gasteiger partial charge in [0.15, 0.2) is 11.6 Å². The van der Waals surface area contributed by atoms with Crippen molar-refractivity contribution in [3.8, 4) is 16.3 Å². The number of aromatic nitrogens is 2. The number of fused-ring (bicyclic) bond motifs is 3. The summed E-state index contributed by atoms with van der Waals surface area (Å²) >= 11 is 1.65. The fourth-order valence-corrected chi connectivity index (χ4v) is 5.90. The Morgan fingerprint density at radius 1 is 1.10 bits per heavy atom. The van der Waals surface area contributed by atoms with Gasteiger partial charge in [0.2, 0.25) is 0 Å². The molecule has 0 radical (unpaired) electrons. The number of hydrogen-bond acceptors (Lipinski definition) is 4.